The van der Waals surface area contributed by atoms with E-state index in [4.69, 9.17) is 4.74 Å². The third-order valence-corrected chi connectivity index (χ3v) is 2.14. The molecule has 1 heterocycles. The van der Waals surface area contributed by atoms with E-state index in [0.29, 0.717) is 0 Å². The predicted molar refractivity (Wildman–Crippen MR) is 38.4 cm³/mol. The largest absolute Gasteiger partial charge is 0.381 e. The Balaban J connectivity index is 2.23. The molecule has 9 heavy (non-hydrogen) atoms. The standard InChI is InChI=1S/C8H16O/c1-7(2)8-4-3-5-9-6-8/h7-8H,3-6H2,1-2H3/t8-/m0/s1. The van der Waals surface area contributed by atoms with Gasteiger partial charge in [-0.05, 0) is 24.7 Å². The van der Waals surface area contributed by atoms with Gasteiger partial charge >= 0.3 is 0 Å². The molecule has 0 spiro atoms. The van der Waals surface area contributed by atoms with Crippen molar-refractivity contribution in [1.82, 2.24) is 0 Å². The number of hydrogen-bond acceptors (Lipinski definition) is 1. The van der Waals surface area contributed by atoms with Gasteiger partial charge in [-0.2, -0.15) is 0 Å². The van der Waals surface area contributed by atoms with Gasteiger partial charge in [0.25, 0.3) is 0 Å². The molecular weight excluding hydrogens is 112 g/mol. The van der Waals surface area contributed by atoms with Crippen molar-refractivity contribution in [3.63, 3.8) is 0 Å². The van der Waals surface area contributed by atoms with E-state index in [2.05, 4.69) is 13.8 Å². The minimum atomic E-state index is 0.810. The molecule has 1 rings (SSSR count). The Hall–Kier alpha value is -0.0400. The highest BCUT2D eigenvalue weighted by molar-refractivity contribution is 4.65. The first-order chi connectivity index (χ1) is 4.30. The molecule has 1 fully saturated rings. The molecule has 0 radical (unpaired) electrons. The summed E-state index contributed by atoms with van der Waals surface area (Å²) in [5, 5.41) is 0. The molecule has 0 N–H and O–H groups in total. The van der Waals surface area contributed by atoms with Gasteiger partial charge in [-0.1, -0.05) is 13.8 Å². The molecule has 0 amide bonds. The number of rotatable bonds is 1. The molecule has 1 heteroatoms. The summed E-state index contributed by atoms with van der Waals surface area (Å²) in [4.78, 5) is 0. The van der Waals surface area contributed by atoms with Crippen LogP contribution in [0.2, 0.25) is 0 Å². The van der Waals surface area contributed by atoms with Crippen molar-refractivity contribution in [2.75, 3.05) is 13.2 Å². The quantitative estimate of drug-likeness (QED) is 0.525. The van der Waals surface area contributed by atoms with Gasteiger partial charge in [0, 0.05) is 13.2 Å². The summed E-state index contributed by atoms with van der Waals surface area (Å²) in [5.74, 6) is 1.64. The van der Waals surface area contributed by atoms with Crippen molar-refractivity contribution in [2.45, 2.75) is 26.7 Å². The van der Waals surface area contributed by atoms with Crippen LogP contribution >= 0.6 is 0 Å². The molecule has 54 valence electrons. The summed E-state index contributed by atoms with van der Waals surface area (Å²) >= 11 is 0. The van der Waals surface area contributed by atoms with E-state index in [-0.39, 0.29) is 0 Å². The smallest absolute Gasteiger partial charge is 0.0496 e. The molecule has 1 aliphatic rings. The first-order valence-corrected chi connectivity index (χ1v) is 3.88. The highest BCUT2D eigenvalue weighted by Gasteiger charge is 2.16. The van der Waals surface area contributed by atoms with Gasteiger partial charge < -0.3 is 4.74 Å². The lowest BCUT2D eigenvalue weighted by Gasteiger charge is -2.24. The maximum Gasteiger partial charge on any atom is 0.0496 e. The van der Waals surface area contributed by atoms with Crippen molar-refractivity contribution in [3.05, 3.63) is 0 Å². The fourth-order valence-corrected chi connectivity index (χ4v) is 1.29. The molecule has 0 aromatic heterocycles. The first kappa shape index (κ1) is 7.07. The Bertz CT molecular complexity index is 72.6. The normalized spacial score (nSPS) is 29.0. The summed E-state index contributed by atoms with van der Waals surface area (Å²) in [6, 6.07) is 0. The van der Waals surface area contributed by atoms with Crippen LogP contribution in [0.3, 0.4) is 0 Å². The minimum absolute atomic E-state index is 0.810. The average molecular weight is 128 g/mol. The van der Waals surface area contributed by atoms with Crippen LogP contribution in [0.4, 0.5) is 0 Å². The molecule has 0 bridgehead atoms. The summed E-state index contributed by atoms with van der Waals surface area (Å²) < 4.78 is 5.34. The van der Waals surface area contributed by atoms with Gasteiger partial charge in [-0.3, -0.25) is 0 Å². The topological polar surface area (TPSA) is 9.23 Å². The van der Waals surface area contributed by atoms with Crippen molar-refractivity contribution in [3.8, 4) is 0 Å². The van der Waals surface area contributed by atoms with Gasteiger partial charge in [-0.25, -0.2) is 0 Å². The van der Waals surface area contributed by atoms with Gasteiger partial charge in [0.2, 0.25) is 0 Å². The zero-order valence-electron chi connectivity index (χ0n) is 6.39. The Morgan fingerprint density at radius 2 is 2.22 bits per heavy atom. The third-order valence-electron chi connectivity index (χ3n) is 2.14. The molecule has 0 unspecified atom stereocenters. The van der Waals surface area contributed by atoms with Gasteiger partial charge in [0.05, 0.1) is 0 Å². The summed E-state index contributed by atoms with van der Waals surface area (Å²) in [5.41, 5.74) is 0. The molecular formula is C8H16O. The highest BCUT2D eigenvalue weighted by atomic mass is 16.5. The van der Waals surface area contributed by atoms with Crippen LogP contribution in [0.1, 0.15) is 26.7 Å². The van der Waals surface area contributed by atoms with Gasteiger partial charge in [0.1, 0.15) is 0 Å². The summed E-state index contributed by atoms with van der Waals surface area (Å²) in [7, 11) is 0. The van der Waals surface area contributed by atoms with Crippen LogP contribution in [0.15, 0.2) is 0 Å². The van der Waals surface area contributed by atoms with Crippen molar-refractivity contribution in [1.29, 1.82) is 0 Å². The maximum absolute atomic E-state index is 5.34. The second kappa shape index (κ2) is 3.21. The van der Waals surface area contributed by atoms with Crippen molar-refractivity contribution >= 4 is 0 Å². The Kier molecular flexibility index (Phi) is 2.52. The molecule has 0 aliphatic carbocycles. The van der Waals surface area contributed by atoms with E-state index in [0.717, 1.165) is 25.0 Å². The van der Waals surface area contributed by atoms with Crippen molar-refractivity contribution < 1.29 is 4.74 Å². The van der Waals surface area contributed by atoms with E-state index in [1.807, 2.05) is 0 Å². The summed E-state index contributed by atoms with van der Waals surface area (Å²) in [6.07, 6.45) is 2.64. The molecule has 1 saturated heterocycles. The lowest BCUT2D eigenvalue weighted by molar-refractivity contribution is 0.0373. The molecule has 1 atom stereocenters. The fraction of sp³-hybridized carbons (Fsp3) is 1.00. The van der Waals surface area contributed by atoms with E-state index >= 15 is 0 Å². The monoisotopic (exact) mass is 128 g/mol. The second-order valence-corrected chi connectivity index (χ2v) is 3.22. The Morgan fingerprint density at radius 1 is 1.44 bits per heavy atom. The average Bonchev–Trinajstić information content (AvgIpc) is 1.90. The summed E-state index contributed by atoms with van der Waals surface area (Å²) in [6.45, 7) is 6.54. The number of ether oxygens (including phenoxy) is 1. The minimum Gasteiger partial charge on any atom is -0.381 e. The molecule has 1 aliphatic heterocycles. The van der Waals surface area contributed by atoms with Gasteiger partial charge in [0.15, 0.2) is 0 Å². The fourth-order valence-electron chi connectivity index (χ4n) is 1.29. The molecule has 0 aromatic carbocycles. The lowest BCUT2D eigenvalue weighted by Crippen LogP contribution is -2.21. The van der Waals surface area contributed by atoms with Crippen LogP contribution < -0.4 is 0 Å². The first-order valence-electron chi connectivity index (χ1n) is 3.88. The van der Waals surface area contributed by atoms with E-state index in [1.165, 1.54) is 12.8 Å². The van der Waals surface area contributed by atoms with E-state index < -0.39 is 0 Å². The van der Waals surface area contributed by atoms with Crippen LogP contribution in [-0.2, 0) is 4.74 Å². The zero-order valence-corrected chi connectivity index (χ0v) is 6.39. The molecule has 1 nitrogen and oxygen atoms in total. The number of hydrogen-bond donors (Lipinski definition) is 0. The van der Waals surface area contributed by atoms with Crippen LogP contribution in [-0.4, -0.2) is 13.2 Å². The van der Waals surface area contributed by atoms with E-state index in [1.54, 1.807) is 0 Å². The van der Waals surface area contributed by atoms with E-state index in [9.17, 15) is 0 Å². The zero-order chi connectivity index (χ0) is 6.69. The highest BCUT2D eigenvalue weighted by Crippen LogP contribution is 2.20. The second-order valence-electron chi connectivity index (χ2n) is 3.22. The van der Waals surface area contributed by atoms with Crippen molar-refractivity contribution in [2.24, 2.45) is 11.8 Å². The Morgan fingerprint density at radius 3 is 2.56 bits per heavy atom. The van der Waals surface area contributed by atoms with Gasteiger partial charge in [-0.15, -0.1) is 0 Å². The predicted octanol–water partition coefficient (Wildman–Crippen LogP) is 2.07. The third kappa shape index (κ3) is 1.98. The SMILES string of the molecule is CC(C)[C@H]1CCCOC1. The lowest BCUT2D eigenvalue weighted by atomic mass is 9.91. The molecule has 0 saturated carbocycles. The van der Waals surface area contributed by atoms with Crippen LogP contribution in [0.25, 0.3) is 0 Å². The molecule has 0 aromatic rings. The Labute approximate surface area is 57.4 Å². The van der Waals surface area contributed by atoms with Crippen LogP contribution in [0, 0.1) is 11.8 Å². The van der Waals surface area contributed by atoms with Crippen LogP contribution in [0.5, 0.6) is 0 Å². The maximum atomic E-state index is 5.34.